The highest BCUT2D eigenvalue weighted by Gasteiger charge is 2.21. The number of methoxy groups -OCH3 is 1. The van der Waals surface area contributed by atoms with Gasteiger partial charge in [0.25, 0.3) is 0 Å². The molecule has 2 rings (SSSR count). The first kappa shape index (κ1) is 10.3. The Morgan fingerprint density at radius 2 is 2.43 bits per heavy atom. The highest BCUT2D eigenvalue weighted by atomic mass is 79.9. The topological polar surface area (TPSA) is 25.8 Å². The van der Waals surface area contributed by atoms with E-state index in [-0.39, 0.29) is 0 Å². The number of ether oxygens (including phenoxy) is 1. The van der Waals surface area contributed by atoms with Crippen molar-refractivity contribution in [3.05, 3.63) is 28.2 Å². The predicted octanol–water partition coefficient (Wildman–Crippen LogP) is 1.77. The lowest BCUT2D eigenvalue weighted by atomic mass is 10.2. The van der Waals surface area contributed by atoms with Crippen LogP contribution in [0, 0.1) is 0 Å². The van der Waals surface area contributed by atoms with E-state index in [0.29, 0.717) is 5.37 Å². The Morgan fingerprint density at radius 3 is 3.00 bits per heavy atom. The van der Waals surface area contributed by atoms with Crippen LogP contribution in [0.25, 0.3) is 0 Å². The third-order valence-corrected chi connectivity index (χ3v) is 4.22. The van der Waals surface area contributed by atoms with Crippen LogP contribution in [-0.4, -0.2) is 19.4 Å². The molecule has 76 valence electrons. The lowest BCUT2D eigenvalue weighted by Crippen LogP contribution is -2.81. The van der Waals surface area contributed by atoms with Crippen LogP contribution >= 0.6 is 27.7 Å². The van der Waals surface area contributed by atoms with Gasteiger partial charge in [0.05, 0.1) is 18.1 Å². The van der Waals surface area contributed by atoms with E-state index in [1.54, 1.807) is 7.11 Å². The zero-order valence-corrected chi connectivity index (χ0v) is 10.4. The Hall–Kier alpha value is -0.190. The van der Waals surface area contributed by atoms with Crippen LogP contribution in [0.3, 0.4) is 0 Å². The Labute approximate surface area is 96.5 Å². The van der Waals surface area contributed by atoms with Gasteiger partial charge >= 0.3 is 0 Å². The molecule has 1 aromatic rings. The second-order valence-electron chi connectivity index (χ2n) is 3.21. The maximum absolute atomic E-state index is 5.20. The molecule has 14 heavy (non-hydrogen) atoms. The van der Waals surface area contributed by atoms with Gasteiger partial charge in [-0.3, -0.25) is 0 Å². The molecule has 4 heteroatoms. The number of rotatable bonds is 2. The van der Waals surface area contributed by atoms with Crippen LogP contribution in [0.15, 0.2) is 22.7 Å². The summed E-state index contributed by atoms with van der Waals surface area (Å²) < 4.78 is 6.24. The van der Waals surface area contributed by atoms with Gasteiger partial charge in [-0.25, -0.2) is 0 Å². The highest BCUT2D eigenvalue weighted by molar-refractivity contribution is 9.10. The molecule has 0 aromatic heterocycles. The van der Waals surface area contributed by atoms with Crippen LogP contribution in [0.5, 0.6) is 5.75 Å². The van der Waals surface area contributed by atoms with Crippen LogP contribution in [0.2, 0.25) is 0 Å². The van der Waals surface area contributed by atoms with Crippen LogP contribution in [0.1, 0.15) is 10.9 Å². The number of hydrogen-bond donors (Lipinski definition) is 1. The van der Waals surface area contributed by atoms with Gasteiger partial charge in [-0.15, -0.1) is 0 Å². The average Bonchev–Trinajstić information content (AvgIpc) is 2.70. The lowest BCUT2D eigenvalue weighted by molar-refractivity contribution is -0.663. The van der Waals surface area contributed by atoms with Crippen molar-refractivity contribution >= 4 is 27.7 Å². The third kappa shape index (κ3) is 2.07. The minimum absolute atomic E-state index is 0.567. The van der Waals surface area contributed by atoms with Crippen molar-refractivity contribution in [3.63, 3.8) is 0 Å². The molecular formula is C10H13BrNOS+. The first-order chi connectivity index (χ1) is 6.81. The van der Waals surface area contributed by atoms with Crippen molar-refractivity contribution in [1.82, 2.24) is 0 Å². The largest absolute Gasteiger partial charge is 0.496 e. The molecular weight excluding hydrogens is 262 g/mol. The van der Waals surface area contributed by atoms with Gasteiger partial charge in [0, 0.05) is 11.3 Å². The van der Waals surface area contributed by atoms with Gasteiger partial charge in [0.15, 0.2) is 5.37 Å². The van der Waals surface area contributed by atoms with Crippen molar-refractivity contribution in [2.45, 2.75) is 5.37 Å². The Bertz CT molecular complexity index is 326. The van der Waals surface area contributed by atoms with E-state index in [1.165, 1.54) is 17.9 Å². The second kappa shape index (κ2) is 4.55. The Balaban J connectivity index is 2.23. The SMILES string of the molecule is COc1ccc(C2[NH2+]CCS2)cc1Br. The summed E-state index contributed by atoms with van der Waals surface area (Å²) in [6, 6.07) is 6.31. The van der Waals surface area contributed by atoms with E-state index in [0.717, 1.165) is 10.2 Å². The minimum atomic E-state index is 0.567. The number of nitrogens with two attached hydrogens (primary N) is 1. The molecule has 1 heterocycles. The summed E-state index contributed by atoms with van der Waals surface area (Å²) in [5.41, 5.74) is 1.36. The fourth-order valence-electron chi connectivity index (χ4n) is 1.57. The molecule has 1 aromatic carbocycles. The first-order valence-corrected chi connectivity index (χ1v) is 6.44. The normalized spacial score (nSPS) is 21.1. The molecule has 2 N–H and O–H groups in total. The number of benzene rings is 1. The number of quaternary nitrogens is 1. The predicted molar refractivity (Wildman–Crippen MR) is 62.7 cm³/mol. The molecule has 0 saturated carbocycles. The first-order valence-electron chi connectivity index (χ1n) is 4.59. The Kier molecular flexibility index (Phi) is 3.36. The molecule has 1 saturated heterocycles. The van der Waals surface area contributed by atoms with Crippen LogP contribution in [0.4, 0.5) is 0 Å². The number of hydrogen-bond acceptors (Lipinski definition) is 2. The summed E-state index contributed by atoms with van der Waals surface area (Å²) >= 11 is 5.51. The second-order valence-corrected chi connectivity index (χ2v) is 5.31. The van der Waals surface area contributed by atoms with Crippen LogP contribution in [-0.2, 0) is 0 Å². The molecule has 1 unspecified atom stereocenters. The lowest BCUT2D eigenvalue weighted by Gasteiger charge is -2.09. The third-order valence-electron chi connectivity index (χ3n) is 2.30. The van der Waals surface area contributed by atoms with Crippen molar-refractivity contribution in [3.8, 4) is 5.75 Å². The summed E-state index contributed by atoms with van der Waals surface area (Å²) in [6.07, 6.45) is 0. The molecule has 1 aliphatic heterocycles. The fraction of sp³-hybridized carbons (Fsp3) is 0.400. The van der Waals surface area contributed by atoms with Gasteiger partial charge in [0.1, 0.15) is 5.75 Å². The monoisotopic (exact) mass is 274 g/mol. The van der Waals surface area contributed by atoms with E-state index in [1.807, 2.05) is 17.8 Å². The maximum Gasteiger partial charge on any atom is 0.159 e. The molecule has 0 spiro atoms. The summed E-state index contributed by atoms with van der Waals surface area (Å²) in [6.45, 7) is 1.22. The van der Waals surface area contributed by atoms with E-state index in [2.05, 4.69) is 33.4 Å². The zero-order valence-electron chi connectivity index (χ0n) is 8.00. The molecule has 0 amide bonds. The minimum Gasteiger partial charge on any atom is -0.496 e. The van der Waals surface area contributed by atoms with E-state index in [4.69, 9.17) is 4.74 Å². The van der Waals surface area contributed by atoms with Crippen molar-refractivity contribution < 1.29 is 10.1 Å². The highest BCUT2D eigenvalue weighted by Crippen LogP contribution is 2.31. The van der Waals surface area contributed by atoms with Gasteiger partial charge in [-0.05, 0) is 34.1 Å². The summed E-state index contributed by atoms with van der Waals surface area (Å²) in [5.74, 6) is 2.14. The van der Waals surface area contributed by atoms with Crippen molar-refractivity contribution in [1.29, 1.82) is 0 Å². The van der Waals surface area contributed by atoms with Gasteiger partial charge in [-0.2, -0.15) is 0 Å². The molecule has 1 aliphatic rings. The maximum atomic E-state index is 5.20. The smallest absolute Gasteiger partial charge is 0.159 e. The number of thioether (sulfide) groups is 1. The molecule has 0 radical (unpaired) electrons. The van der Waals surface area contributed by atoms with Gasteiger partial charge in [-0.1, -0.05) is 11.8 Å². The van der Waals surface area contributed by atoms with Gasteiger partial charge < -0.3 is 10.1 Å². The van der Waals surface area contributed by atoms with Gasteiger partial charge in [0.2, 0.25) is 0 Å². The summed E-state index contributed by atoms with van der Waals surface area (Å²) in [4.78, 5) is 0. The molecule has 0 aliphatic carbocycles. The standard InChI is InChI=1S/C10H12BrNOS/c1-13-9-3-2-7(6-8(9)11)10-12-4-5-14-10/h2-3,6,10,12H,4-5H2,1H3/p+1. The average molecular weight is 275 g/mol. The van der Waals surface area contributed by atoms with Crippen molar-refractivity contribution in [2.75, 3.05) is 19.4 Å². The molecule has 1 atom stereocenters. The van der Waals surface area contributed by atoms with E-state index < -0.39 is 0 Å². The summed E-state index contributed by atoms with van der Waals surface area (Å²) in [5, 5.41) is 2.94. The van der Waals surface area contributed by atoms with E-state index in [9.17, 15) is 0 Å². The molecule has 2 nitrogen and oxygen atoms in total. The Morgan fingerprint density at radius 1 is 1.57 bits per heavy atom. The van der Waals surface area contributed by atoms with Crippen molar-refractivity contribution in [2.24, 2.45) is 0 Å². The van der Waals surface area contributed by atoms with Crippen LogP contribution < -0.4 is 10.1 Å². The summed E-state index contributed by atoms with van der Waals surface area (Å²) in [7, 11) is 1.69. The molecule has 1 fully saturated rings. The zero-order chi connectivity index (χ0) is 9.97. The van der Waals surface area contributed by atoms with E-state index >= 15 is 0 Å². The molecule has 0 bridgehead atoms. The quantitative estimate of drug-likeness (QED) is 0.890. The fourth-order valence-corrected chi connectivity index (χ4v) is 3.27. The number of halogens is 1.